The van der Waals surface area contributed by atoms with E-state index in [0.29, 0.717) is 12.2 Å². The number of rotatable bonds is 9. The van der Waals surface area contributed by atoms with Crippen molar-refractivity contribution in [3.05, 3.63) is 75.5 Å². The van der Waals surface area contributed by atoms with Crippen LogP contribution < -0.4 is 5.32 Å². The molecule has 2 N–H and O–H groups in total. The Morgan fingerprint density at radius 1 is 1.36 bits per heavy atom. The van der Waals surface area contributed by atoms with Crippen LogP contribution in [0, 0.1) is 12.8 Å². The summed E-state index contributed by atoms with van der Waals surface area (Å²) in [5, 5.41) is 13.1. The summed E-state index contributed by atoms with van der Waals surface area (Å²) in [6, 6.07) is 8.57. The van der Waals surface area contributed by atoms with Gasteiger partial charge in [0.1, 0.15) is 24.1 Å². The standard InChI is InChI=1S/C24H25BrFN3O6S/c1-13-15(6-14-4-3-5-17(25)7-14)9-20(35-13)23(31)18-10-27-12-28-24(18)29-19-8-16(22(30)21(19)26)11-34-36(2,32)33/h3-5,7,9-10,12,16,19,21-22,30H,6,8,11H2,1-2H3,(H,27,28,29)/t16-,19-,21-,22-/m1/s1. The molecule has 3 aromatic rings. The summed E-state index contributed by atoms with van der Waals surface area (Å²) in [7, 11) is -3.73. The van der Waals surface area contributed by atoms with Crippen molar-refractivity contribution in [2.75, 3.05) is 18.2 Å². The Morgan fingerprint density at radius 2 is 2.14 bits per heavy atom. The Labute approximate surface area is 216 Å². The SMILES string of the molecule is Cc1oc(C(=O)c2cncnc2N[C@@H]2C[C@H](COS(C)(=O)=O)[C@@H](O)[C@@H]2F)cc1Cc1cccc(Br)c1. The van der Waals surface area contributed by atoms with E-state index in [1.54, 1.807) is 13.0 Å². The monoisotopic (exact) mass is 581 g/mol. The first kappa shape index (κ1) is 26.4. The number of aliphatic hydroxyl groups is 1. The number of alkyl halides is 1. The molecule has 36 heavy (non-hydrogen) atoms. The molecule has 4 atom stereocenters. The highest BCUT2D eigenvalue weighted by Gasteiger charge is 2.44. The summed E-state index contributed by atoms with van der Waals surface area (Å²) in [5.41, 5.74) is 1.97. The van der Waals surface area contributed by atoms with Gasteiger partial charge in [0.25, 0.3) is 10.1 Å². The molecule has 1 aromatic carbocycles. The van der Waals surface area contributed by atoms with Gasteiger partial charge in [0.05, 0.1) is 30.6 Å². The molecule has 1 fully saturated rings. The van der Waals surface area contributed by atoms with Gasteiger partial charge in [-0.25, -0.2) is 14.4 Å². The molecule has 12 heteroatoms. The maximum atomic E-state index is 14.8. The van der Waals surface area contributed by atoms with Crippen molar-refractivity contribution in [1.29, 1.82) is 0 Å². The Bertz CT molecular complexity index is 1370. The molecule has 0 unspecified atom stereocenters. The van der Waals surface area contributed by atoms with Crippen LogP contribution in [0.5, 0.6) is 0 Å². The molecule has 2 aromatic heterocycles. The summed E-state index contributed by atoms with van der Waals surface area (Å²) < 4.78 is 48.8. The van der Waals surface area contributed by atoms with E-state index in [1.807, 2.05) is 24.3 Å². The molecule has 9 nitrogen and oxygen atoms in total. The van der Waals surface area contributed by atoms with Crippen molar-refractivity contribution in [2.45, 2.75) is 38.1 Å². The van der Waals surface area contributed by atoms with E-state index < -0.39 is 40.1 Å². The van der Waals surface area contributed by atoms with E-state index in [2.05, 4.69) is 31.2 Å². The summed E-state index contributed by atoms with van der Waals surface area (Å²) in [6.07, 6.45) is 0.902. The predicted octanol–water partition coefficient (Wildman–Crippen LogP) is 3.44. The lowest BCUT2D eigenvalue weighted by Crippen LogP contribution is -2.33. The normalized spacial score (nSPS) is 22.0. The first-order valence-electron chi connectivity index (χ1n) is 11.1. The van der Waals surface area contributed by atoms with E-state index in [0.717, 1.165) is 21.9 Å². The number of halogens is 2. The number of nitrogens with one attached hydrogen (secondary N) is 1. The van der Waals surface area contributed by atoms with E-state index in [4.69, 9.17) is 8.60 Å². The molecule has 0 amide bonds. The number of aryl methyl sites for hydroxylation is 1. The highest BCUT2D eigenvalue weighted by Crippen LogP contribution is 2.33. The first-order chi connectivity index (χ1) is 17.0. The van der Waals surface area contributed by atoms with E-state index in [9.17, 15) is 22.7 Å². The molecule has 1 aliphatic carbocycles. The number of anilines is 1. The molecule has 0 aliphatic heterocycles. The highest BCUT2D eigenvalue weighted by atomic mass is 79.9. The van der Waals surface area contributed by atoms with Crippen molar-refractivity contribution in [1.82, 2.24) is 9.97 Å². The highest BCUT2D eigenvalue weighted by molar-refractivity contribution is 9.10. The van der Waals surface area contributed by atoms with E-state index >= 15 is 0 Å². The number of aliphatic hydroxyl groups excluding tert-OH is 1. The van der Waals surface area contributed by atoms with Crippen LogP contribution in [-0.2, 0) is 20.7 Å². The van der Waals surface area contributed by atoms with Crippen LogP contribution in [0.15, 0.2) is 51.7 Å². The molecule has 0 saturated heterocycles. The lowest BCUT2D eigenvalue weighted by Gasteiger charge is -2.17. The van der Waals surface area contributed by atoms with Crippen LogP contribution in [0.4, 0.5) is 10.2 Å². The number of nitrogens with zero attached hydrogens (tertiary/aromatic N) is 2. The second-order valence-electron chi connectivity index (χ2n) is 8.78. The van der Waals surface area contributed by atoms with Gasteiger partial charge in [-0.05, 0) is 42.7 Å². The molecule has 1 saturated carbocycles. The van der Waals surface area contributed by atoms with Gasteiger partial charge < -0.3 is 14.8 Å². The second-order valence-corrected chi connectivity index (χ2v) is 11.3. The molecule has 0 radical (unpaired) electrons. The minimum atomic E-state index is -3.73. The Balaban J connectivity index is 1.51. The van der Waals surface area contributed by atoms with Crippen LogP contribution in [-0.4, -0.2) is 60.5 Å². The lowest BCUT2D eigenvalue weighted by atomic mass is 10.0. The van der Waals surface area contributed by atoms with Gasteiger partial charge in [-0.15, -0.1) is 0 Å². The number of carbonyl (C=O) groups excluding carboxylic acids is 1. The summed E-state index contributed by atoms with van der Waals surface area (Å²) in [5.74, 6) is -0.449. The Morgan fingerprint density at radius 3 is 2.86 bits per heavy atom. The van der Waals surface area contributed by atoms with Crippen LogP contribution >= 0.6 is 15.9 Å². The molecule has 1 aliphatic rings. The van der Waals surface area contributed by atoms with Gasteiger partial charge in [0.15, 0.2) is 5.76 Å². The van der Waals surface area contributed by atoms with Crippen molar-refractivity contribution >= 4 is 37.6 Å². The third kappa shape index (κ3) is 6.17. The molecule has 4 rings (SSSR count). The average molecular weight is 582 g/mol. The second kappa shape index (κ2) is 10.8. The molecule has 0 spiro atoms. The third-order valence-electron chi connectivity index (χ3n) is 6.05. The van der Waals surface area contributed by atoms with Crippen molar-refractivity contribution in [3.8, 4) is 0 Å². The van der Waals surface area contributed by atoms with Crippen molar-refractivity contribution < 1.29 is 31.3 Å². The van der Waals surface area contributed by atoms with Crippen LogP contribution in [0.25, 0.3) is 0 Å². The fraction of sp³-hybridized carbons (Fsp3) is 0.375. The Hall–Kier alpha value is -2.67. The largest absolute Gasteiger partial charge is 0.458 e. The third-order valence-corrected chi connectivity index (χ3v) is 7.11. The zero-order valence-corrected chi connectivity index (χ0v) is 21.9. The molecule has 0 bridgehead atoms. The molecular formula is C24H25BrFN3O6S. The zero-order chi connectivity index (χ0) is 26.0. The number of benzene rings is 1. The van der Waals surface area contributed by atoms with Crippen LogP contribution in [0.2, 0.25) is 0 Å². The number of ketones is 1. The topological polar surface area (TPSA) is 132 Å². The number of furan rings is 1. The van der Waals surface area contributed by atoms with Gasteiger partial charge in [-0.3, -0.25) is 8.98 Å². The Kier molecular flexibility index (Phi) is 7.88. The van der Waals surface area contributed by atoms with E-state index in [-0.39, 0.29) is 30.2 Å². The van der Waals surface area contributed by atoms with Crippen molar-refractivity contribution in [3.63, 3.8) is 0 Å². The molecule has 2 heterocycles. The molecular weight excluding hydrogens is 557 g/mol. The minimum absolute atomic E-state index is 0.0755. The summed E-state index contributed by atoms with van der Waals surface area (Å²) >= 11 is 3.45. The van der Waals surface area contributed by atoms with Gasteiger partial charge >= 0.3 is 0 Å². The van der Waals surface area contributed by atoms with Crippen molar-refractivity contribution in [2.24, 2.45) is 5.92 Å². The average Bonchev–Trinajstić information content (AvgIpc) is 3.31. The lowest BCUT2D eigenvalue weighted by molar-refractivity contribution is 0.0502. The smallest absolute Gasteiger partial charge is 0.264 e. The summed E-state index contributed by atoms with van der Waals surface area (Å²) in [4.78, 5) is 21.3. The number of carbonyl (C=O) groups is 1. The maximum Gasteiger partial charge on any atom is 0.264 e. The fourth-order valence-corrected chi connectivity index (χ4v) is 5.07. The minimum Gasteiger partial charge on any atom is -0.458 e. The first-order valence-corrected chi connectivity index (χ1v) is 13.7. The van der Waals surface area contributed by atoms with Crippen LogP contribution in [0.1, 0.15) is 39.4 Å². The van der Waals surface area contributed by atoms with Gasteiger partial charge in [-0.2, -0.15) is 8.42 Å². The predicted molar refractivity (Wildman–Crippen MR) is 133 cm³/mol. The number of hydrogen-bond acceptors (Lipinski definition) is 9. The van der Waals surface area contributed by atoms with Gasteiger partial charge in [0, 0.05) is 23.0 Å². The zero-order valence-electron chi connectivity index (χ0n) is 19.5. The summed E-state index contributed by atoms with van der Waals surface area (Å²) in [6.45, 7) is 1.43. The van der Waals surface area contributed by atoms with E-state index in [1.165, 1.54) is 12.5 Å². The number of hydrogen-bond donors (Lipinski definition) is 2. The quantitative estimate of drug-likeness (QED) is 0.288. The van der Waals surface area contributed by atoms with Gasteiger partial charge in [0.2, 0.25) is 5.78 Å². The van der Waals surface area contributed by atoms with Crippen LogP contribution in [0.3, 0.4) is 0 Å². The maximum absolute atomic E-state index is 14.8. The number of aromatic nitrogens is 2. The fourth-order valence-electron chi connectivity index (χ4n) is 4.20. The van der Waals surface area contributed by atoms with Gasteiger partial charge in [-0.1, -0.05) is 28.1 Å². The molecule has 192 valence electrons.